The molecule has 0 saturated carbocycles. The van der Waals surface area contributed by atoms with Crippen molar-refractivity contribution in [3.05, 3.63) is 76.5 Å². The molecule has 0 bridgehead atoms. The predicted molar refractivity (Wildman–Crippen MR) is 81.5 cm³/mol. The van der Waals surface area contributed by atoms with Crippen LogP contribution < -0.4 is 5.73 Å². The van der Waals surface area contributed by atoms with E-state index in [1.54, 1.807) is 10.9 Å². The van der Waals surface area contributed by atoms with Gasteiger partial charge >= 0.3 is 0 Å². The van der Waals surface area contributed by atoms with Crippen LogP contribution in [0.5, 0.6) is 0 Å². The molecule has 0 saturated heterocycles. The molecular weight excluding hydrogens is 316 g/mol. The summed E-state index contributed by atoms with van der Waals surface area (Å²) in [5, 5.41) is 8.12. The van der Waals surface area contributed by atoms with Gasteiger partial charge in [0.25, 0.3) is 0 Å². The maximum Gasteiger partial charge on any atom is 0.0858 e. The Hall–Kier alpha value is -1.98. The number of rotatable bonds is 3. The zero-order valence-corrected chi connectivity index (χ0v) is 12.2. The van der Waals surface area contributed by atoms with Crippen LogP contribution >= 0.6 is 15.9 Å². The second-order valence-electron chi connectivity index (χ2n) is 4.44. The summed E-state index contributed by atoms with van der Waals surface area (Å²) >= 11 is 3.46. The molecule has 3 aromatic rings. The fourth-order valence-electron chi connectivity index (χ4n) is 2.10. The van der Waals surface area contributed by atoms with Crippen LogP contribution in [0.2, 0.25) is 0 Å². The van der Waals surface area contributed by atoms with E-state index in [2.05, 4.69) is 26.2 Å². The van der Waals surface area contributed by atoms with Crippen molar-refractivity contribution in [1.82, 2.24) is 15.0 Å². The lowest BCUT2D eigenvalue weighted by atomic mass is 10.1. The highest BCUT2D eigenvalue weighted by atomic mass is 79.9. The molecule has 1 atom stereocenters. The third-order valence-corrected chi connectivity index (χ3v) is 3.60. The lowest BCUT2D eigenvalue weighted by molar-refractivity contribution is 0.719. The van der Waals surface area contributed by atoms with Gasteiger partial charge in [-0.2, -0.15) is 0 Å². The van der Waals surface area contributed by atoms with Gasteiger partial charge in [-0.15, -0.1) is 5.10 Å². The van der Waals surface area contributed by atoms with Crippen molar-refractivity contribution in [1.29, 1.82) is 0 Å². The largest absolute Gasteiger partial charge is 0.319 e. The molecule has 0 aliphatic rings. The zero-order valence-electron chi connectivity index (χ0n) is 10.6. The van der Waals surface area contributed by atoms with Gasteiger partial charge in [-0.05, 0) is 29.8 Å². The number of hydrogen-bond acceptors (Lipinski definition) is 3. The van der Waals surface area contributed by atoms with Crippen LogP contribution in [0.15, 0.2) is 65.3 Å². The van der Waals surface area contributed by atoms with Gasteiger partial charge in [-0.1, -0.05) is 51.5 Å². The SMILES string of the molecule is NC(c1cccc(Br)c1)c1cnnn1-c1ccccc1. The van der Waals surface area contributed by atoms with Crippen molar-refractivity contribution in [3.63, 3.8) is 0 Å². The minimum Gasteiger partial charge on any atom is -0.319 e. The van der Waals surface area contributed by atoms with E-state index in [0.29, 0.717) is 0 Å². The number of hydrogen-bond donors (Lipinski definition) is 1. The number of para-hydroxylation sites is 1. The third kappa shape index (κ3) is 2.50. The van der Waals surface area contributed by atoms with Crippen molar-refractivity contribution in [3.8, 4) is 5.69 Å². The number of halogens is 1. The van der Waals surface area contributed by atoms with Gasteiger partial charge in [-0.3, -0.25) is 0 Å². The summed E-state index contributed by atoms with van der Waals surface area (Å²) in [4.78, 5) is 0. The van der Waals surface area contributed by atoms with Gasteiger partial charge in [0.05, 0.1) is 23.6 Å². The van der Waals surface area contributed by atoms with Gasteiger partial charge < -0.3 is 5.73 Å². The first-order chi connectivity index (χ1) is 9.75. The summed E-state index contributed by atoms with van der Waals surface area (Å²) in [5.74, 6) is 0. The topological polar surface area (TPSA) is 56.7 Å². The highest BCUT2D eigenvalue weighted by Gasteiger charge is 2.16. The smallest absolute Gasteiger partial charge is 0.0858 e. The minimum atomic E-state index is -0.275. The number of nitrogens with zero attached hydrogens (tertiary/aromatic N) is 3. The maximum absolute atomic E-state index is 6.35. The Morgan fingerprint density at radius 2 is 1.85 bits per heavy atom. The average Bonchev–Trinajstić information content (AvgIpc) is 2.97. The minimum absolute atomic E-state index is 0.275. The zero-order chi connectivity index (χ0) is 13.9. The van der Waals surface area contributed by atoms with Gasteiger partial charge in [0.2, 0.25) is 0 Å². The Kier molecular flexibility index (Phi) is 3.62. The Bertz CT molecular complexity index is 709. The molecule has 100 valence electrons. The molecule has 0 spiro atoms. The molecule has 2 aromatic carbocycles. The number of nitrogens with two attached hydrogens (primary N) is 1. The van der Waals surface area contributed by atoms with Crippen molar-refractivity contribution >= 4 is 15.9 Å². The van der Waals surface area contributed by atoms with E-state index in [-0.39, 0.29) is 6.04 Å². The molecule has 20 heavy (non-hydrogen) atoms. The van der Waals surface area contributed by atoms with Gasteiger partial charge in [-0.25, -0.2) is 4.68 Å². The Balaban J connectivity index is 2.02. The normalized spacial score (nSPS) is 12.3. The van der Waals surface area contributed by atoms with Crippen molar-refractivity contribution in [2.24, 2.45) is 5.73 Å². The fraction of sp³-hybridized carbons (Fsp3) is 0.0667. The maximum atomic E-state index is 6.35. The van der Waals surface area contributed by atoms with E-state index in [1.807, 2.05) is 54.6 Å². The van der Waals surface area contributed by atoms with Crippen LogP contribution in [-0.4, -0.2) is 15.0 Å². The molecule has 1 aromatic heterocycles. The molecule has 1 heterocycles. The standard InChI is InChI=1S/C15H13BrN4/c16-12-6-4-5-11(9-12)15(17)14-10-18-19-20(14)13-7-2-1-3-8-13/h1-10,15H,17H2. The number of aromatic nitrogens is 3. The highest BCUT2D eigenvalue weighted by molar-refractivity contribution is 9.10. The Labute approximate surface area is 125 Å². The molecule has 0 fully saturated rings. The van der Waals surface area contributed by atoms with E-state index in [9.17, 15) is 0 Å². The first-order valence-corrected chi connectivity index (χ1v) is 7.02. The molecule has 4 nitrogen and oxygen atoms in total. The molecule has 5 heteroatoms. The first-order valence-electron chi connectivity index (χ1n) is 6.23. The molecule has 0 aliphatic carbocycles. The second-order valence-corrected chi connectivity index (χ2v) is 5.35. The van der Waals surface area contributed by atoms with Gasteiger partial charge in [0.1, 0.15) is 0 Å². The summed E-state index contributed by atoms with van der Waals surface area (Å²) in [6.45, 7) is 0. The van der Waals surface area contributed by atoms with Crippen LogP contribution in [-0.2, 0) is 0 Å². The Morgan fingerprint density at radius 3 is 2.60 bits per heavy atom. The Morgan fingerprint density at radius 1 is 1.05 bits per heavy atom. The summed E-state index contributed by atoms with van der Waals surface area (Å²) in [6.07, 6.45) is 1.71. The lowest BCUT2D eigenvalue weighted by Gasteiger charge is -2.14. The van der Waals surface area contributed by atoms with E-state index in [1.165, 1.54) is 0 Å². The molecular formula is C15H13BrN4. The molecule has 0 amide bonds. The van der Waals surface area contributed by atoms with Crippen LogP contribution in [0, 0.1) is 0 Å². The van der Waals surface area contributed by atoms with Crippen LogP contribution in [0.3, 0.4) is 0 Å². The van der Waals surface area contributed by atoms with Crippen molar-refractivity contribution in [2.75, 3.05) is 0 Å². The summed E-state index contributed by atoms with van der Waals surface area (Å²) in [5.41, 5.74) is 9.16. The van der Waals surface area contributed by atoms with Crippen molar-refractivity contribution in [2.45, 2.75) is 6.04 Å². The van der Waals surface area contributed by atoms with E-state index in [4.69, 9.17) is 5.73 Å². The summed E-state index contributed by atoms with van der Waals surface area (Å²) in [6, 6.07) is 17.5. The van der Waals surface area contributed by atoms with Crippen LogP contribution in [0.4, 0.5) is 0 Å². The molecule has 0 radical (unpaired) electrons. The molecule has 0 aliphatic heterocycles. The van der Waals surface area contributed by atoms with Gasteiger partial charge in [0.15, 0.2) is 0 Å². The van der Waals surface area contributed by atoms with E-state index in [0.717, 1.165) is 21.4 Å². The van der Waals surface area contributed by atoms with Gasteiger partial charge in [0, 0.05) is 4.47 Å². The van der Waals surface area contributed by atoms with Crippen LogP contribution in [0.25, 0.3) is 5.69 Å². The second kappa shape index (κ2) is 5.56. The van der Waals surface area contributed by atoms with Crippen LogP contribution in [0.1, 0.15) is 17.3 Å². The summed E-state index contributed by atoms with van der Waals surface area (Å²) in [7, 11) is 0. The summed E-state index contributed by atoms with van der Waals surface area (Å²) < 4.78 is 2.77. The highest BCUT2D eigenvalue weighted by Crippen LogP contribution is 2.23. The van der Waals surface area contributed by atoms with E-state index >= 15 is 0 Å². The van der Waals surface area contributed by atoms with Crippen molar-refractivity contribution < 1.29 is 0 Å². The molecule has 1 unspecified atom stereocenters. The average molecular weight is 329 g/mol. The number of benzene rings is 2. The molecule has 3 rings (SSSR count). The molecule has 2 N–H and O–H groups in total. The third-order valence-electron chi connectivity index (χ3n) is 3.10. The quantitative estimate of drug-likeness (QED) is 0.803. The monoisotopic (exact) mass is 328 g/mol. The fourth-order valence-corrected chi connectivity index (χ4v) is 2.51. The van der Waals surface area contributed by atoms with E-state index < -0.39 is 0 Å². The predicted octanol–water partition coefficient (Wildman–Crippen LogP) is 3.08. The first kappa shape index (κ1) is 13.0. The lowest BCUT2D eigenvalue weighted by Crippen LogP contribution is -2.16.